The molecule has 1 aromatic heterocycles. The molecule has 0 bridgehead atoms. The minimum atomic E-state index is 0.243. The number of hydrogen-bond acceptors (Lipinski definition) is 4. The van der Waals surface area contributed by atoms with E-state index < -0.39 is 0 Å². The molecule has 142 valence electrons. The van der Waals surface area contributed by atoms with Crippen LogP contribution in [0.2, 0.25) is 0 Å². The van der Waals surface area contributed by atoms with Gasteiger partial charge in [0.15, 0.2) is 0 Å². The van der Waals surface area contributed by atoms with E-state index in [4.69, 9.17) is 4.98 Å². The number of benzene rings is 1. The van der Waals surface area contributed by atoms with Gasteiger partial charge in [0.25, 0.3) is 0 Å². The summed E-state index contributed by atoms with van der Waals surface area (Å²) in [6.07, 6.45) is 0. The van der Waals surface area contributed by atoms with Gasteiger partial charge in [-0.3, -0.25) is 9.80 Å². The number of nitrogens with zero attached hydrogens (tertiary/aromatic N) is 3. The van der Waals surface area contributed by atoms with Crippen LogP contribution in [0, 0.1) is 6.92 Å². The van der Waals surface area contributed by atoms with Crippen molar-refractivity contribution >= 4 is 0 Å². The lowest BCUT2D eigenvalue weighted by Crippen LogP contribution is -2.54. The Morgan fingerprint density at radius 3 is 2.35 bits per heavy atom. The maximum absolute atomic E-state index is 4.99. The Balaban J connectivity index is 1.80. The van der Waals surface area contributed by atoms with E-state index in [1.54, 1.807) is 0 Å². The van der Waals surface area contributed by atoms with Crippen LogP contribution in [0.3, 0.4) is 0 Å². The van der Waals surface area contributed by atoms with Crippen molar-refractivity contribution in [2.24, 2.45) is 0 Å². The lowest BCUT2D eigenvalue weighted by molar-refractivity contribution is 0.0410. The lowest BCUT2D eigenvalue weighted by Gasteiger charge is -2.44. The van der Waals surface area contributed by atoms with Crippen LogP contribution in [-0.2, 0) is 0 Å². The van der Waals surface area contributed by atoms with Gasteiger partial charge in [0.2, 0.25) is 0 Å². The Morgan fingerprint density at radius 1 is 1.12 bits per heavy atom. The van der Waals surface area contributed by atoms with Crippen LogP contribution in [0.25, 0.3) is 11.4 Å². The van der Waals surface area contributed by atoms with Crippen LogP contribution in [0.4, 0.5) is 0 Å². The van der Waals surface area contributed by atoms with Gasteiger partial charge >= 0.3 is 0 Å². The molecule has 1 saturated heterocycles. The van der Waals surface area contributed by atoms with Gasteiger partial charge in [-0.25, -0.2) is 4.98 Å². The number of piperazine rings is 1. The van der Waals surface area contributed by atoms with Crippen LogP contribution in [0.15, 0.2) is 30.3 Å². The number of H-pyrrole nitrogens is 1. The SMILES string of the molecule is CNCC(c1nc(-c2ccccc2)[nH]c1C)N1CCN(C(C)(C)C)CC1. The highest BCUT2D eigenvalue weighted by Gasteiger charge is 2.31. The van der Waals surface area contributed by atoms with Gasteiger partial charge in [0, 0.05) is 49.5 Å². The summed E-state index contributed by atoms with van der Waals surface area (Å²) in [5.41, 5.74) is 3.72. The molecule has 3 rings (SSSR count). The molecule has 2 heterocycles. The standard InChI is InChI=1S/C21H33N5/c1-16-19(24-20(23-16)17-9-7-6-8-10-17)18(15-22-5)25-11-13-26(14-12-25)21(2,3)4/h6-10,18,22H,11-15H2,1-5H3,(H,23,24). The van der Waals surface area contributed by atoms with Crippen molar-refractivity contribution < 1.29 is 0 Å². The second-order valence-electron chi connectivity index (χ2n) is 8.23. The fraction of sp³-hybridized carbons (Fsp3) is 0.571. The average molecular weight is 356 g/mol. The first-order chi connectivity index (χ1) is 12.4. The van der Waals surface area contributed by atoms with E-state index >= 15 is 0 Å². The minimum absolute atomic E-state index is 0.243. The van der Waals surface area contributed by atoms with Gasteiger partial charge in [0.05, 0.1) is 11.7 Å². The Kier molecular flexibility index (Phi) is 5.80. The van der Waals surface area contributed by atoms with Crippen molar-refractivity contribution in [1.82, 2.24) is 25.1 Å². The Bertz CT molecular complexity index is 693. The fourth-order valence-corrected chi connectivity index (χ4v) is 3.83. The predicted octanol–water partition coefficient (Wildman–Crippen LogP) is 3.06. The smallest absolute Gasteiger partial charge is 0.137 e. The zero-order valence-corrected chi connectivity index (χ0v) is 16.8. The molecular weight excluding hydrogens is 322 g/mol. The van der Waals surface area contributed by atoms with Crippen molar-refractivity contribution in [3.8, 4) is 11.4 Å². The van der Waals surface area contributed by atoms with E-state index in [-0.39, 0.29) is 5.54 Å². The molecule has 1 atom stereocenters. The molecule has 0 amide bonds. The molecular formula is C21H33N5. The summed E-state index contributed by atoms with van der Waals surface area (Å²) in [6.45, 7) is 14.3. The molecule has 1 aromatic carbocycles. The third kappa shape index (κ3) is 4.17. The maximum Gasteiger partial charge on any atom is 0.137 e. The number of rotatable bonds is 5. The maximum atomic E-state index is 4.99. The molecule has 5 nitrogen and oxygen atoms in total. The van der Waals surface area contributed by atoms with Gasteiger partial charge in [-0.1, -0.05) is 30.3 Å². The molecule has 0 spiro atoms. The number of aromatic nitrogens is 2. The fourth-order valence-electron chi connectivity index (χ4n) is 3.83. The number of aryl methyl sites for hydroxylation is 1. The third-order valence-corrected chi connectivity index (χ3v) is 5.39. The highest BCUT2D eigenvalue weighted by Crippen LogP contribution is 2.27. The number of hydrogen-bond donors (Lipinski definition) is 2. The zero-order chi connectivity index (χ0) is 18.7. The highest BCUT2D eigenvalue weighted by molar-refractivity contribution is 5.55. The molecule has 1 aliphatic heterocycles. The van der Waals surface area contributed by atoms with Crippen molar-refractivity contribution in [2.45, 2.75) is 39.3 Å². The van der Waals surface area contributed by atoms with Gasteiger partial charge in [-0.15, -0.1) is 0 Å². The number of likely N-dealkylation sites (N-methyl/N-ethyl adjacent to an activating group) is 1. The largest absolute Gasteiger partial charge is 0.342 e. The first-order valence-corrected chi connectivity index (χ1v) is 9.66. The monoisotopic (exact) mass is 355 g/mol. The lowest BCUT2D eigenvalue weighted by atomic mass is 10.0. The second-order valence-corrected chi connectivity index (χ2v) is 8.23. The molecule has 5 heteroatoms. The summed E-state index contributed by atoms with van der Waals surface area (Å²) in [6, 6.07) is 10.7. The Hall–Kier alpha value is -1.69. The Morgan fingerprint density at radius 2 is 1.77 bits per heavy atom. The van der Waals surface area contributed by atoms with E-state index in [9.17, 15) is 0 Å². The summed E-state index contributed by atoms with van der Waals surface area (Å²) < 4.78 is 0. The average Bonchev–Trinajstić information content (AvgIpc) is 3.01. The first-order valence-electron chi connectivity index (χ1n) is 9.66. The van der Waals surface area contributed by atoms with Crippen LogP contribution >= 0.6 is 0 Å². The topological polar surface area (TPSA) is 47.2 Å². The van der Waals surface area contributed by atoms with Crippen LogP contribution < -0.4 is 5.32 Å². The second kappa shape index (κ2) is 7.91. The summed E-state index contributed by atoms with van der Waals surface area (Å²) in [4.78, 5) is 13.6. The van der Waals surface area contributed by atoms with Gasteiger partial charge in [-0.2, -0.15) is 0 Å². The van der Waals surface area contributed by atoms with E-state index in [2.05, 4.69) is 72.1 Å². The number of aromatic amines is 1. The van der Waals surface area contributed by atoms with Crippen molar-refractivity contribution in [3.05, 3.63) is 41.7 Å². The molecule has 2 aromatic rings. The van der Waals surface area contributed by atoms with Crippen LogP contribution in [-0.4, -0.2) is 65.1 Å². The predicted molar refractivity (Wildman–Crippen MR) is 108 cm³/mol. The quantitative estimate of drug-likeness (QED) is 0.865. The molecule has 0 radical (unpaired) electrons. The molecule has 26 heavy (non-hydrogen) atoms. The molecule has 1 unspecified atom stereocenters. The summed E-state index contributed by atoms with van der Waals surface area (Å²) in [5, 5.41) is 3.37. The van der Waals surface area contributed by atoms with E-state index in [0.717, 1.165) is 44.1 Å². The zero-order valence-electron chi connectivity index (χ0n) is 16.8. The Labute approximate surface area is 157 Å². The number of nitrogens with one attached hydrogen (secondary N) is 2. The molecule has 0 saturated carbocycles. The van der Waals surface area contributed by atoms with Crippen molar-refractivity contribution in [2.75, 3.05) is 39.8 Å². The molecule has 0 aliphatic carbocycles. The summed E-state index contributed by atoms with van der Waals surface area (Å²) in [7, 11) is 2.03. The summed E-state index contributed by atoms with van der Waals surface area (Å²) in [5.74, 6) is 0.965. The molecule has 2 N–H and O–H groups in total. The van der Waals surface area contributed by atoms with Crippen LogP contribution in [0.5, 0.6) is 0 Å². The summed E-state index contributed by atoms with van der Waals surface area (Å²) >= 11 is 0. The molecule has 1 fully saturated rings. The van der Waals surface area contributed by atoms with E-state index in [0.29, 0.717) is 6.04 Å². The van der Waals surface area contributed by atoms with Crippen LogP contribution in [0.1, 0.15) is 38.2 Å². The van der Waals surface area contributed by atoms with Crippen molar-refractivity contribution in [3.63, 3.8) is 0 Å². The normalized spacial score (nSPS) is 18.2. The van der Waals surface area contributed by atoms with E-state index in [1.807, 2.05) is 13.1 Å². The van der Waals surface area contributed by atoms with E-state index in [1.165, 1.54) is 11.4 Å². The van der Waals surface area contributed by atoms with Gasteiger partial charge in [0.1, 0.15) is 5.82 Å². The highest BCUT2D eigenvalue weighted by atomic mass is 15.3. The number of imidazole rings is 1. The molecule has 1 aliphatic rings. The third-order valence-electron chi connectivity index (χ3n) is 5.39. The van der Waals surface area contributed by atoms with Gasteiger partial charge in [-0.05, 0) is 34.7 Å². The first kappa shape index (κ1) is 19.1. The van der Waals surface area contributed by atoms with Gasteiger partial charge < -0.3 is 10.3 Å². The minimum Gasteiger partial charge on any atom is -0.342 e. The van der Waals surface area contributed by atoms with Crippen molar-refractivity contribution in [1.29, 1.82) is 0 Å².